The van der Waals surface area contributed by atoms with Crippen LogP contribution in [0.4, 0.5) is 13.2 Å². The van der Waals surface area contributed by atoms with Gasteiger partial charge in [-0.25, -0.2) is 0 Å². The third-order valence-corrected chi connectivity index (χ3v) is 6.82. The molecule has 4 nitrogen and oxygen atoms in total. The monoisotopic (exact) mass is 431 g/mol. The van der Waals surface area contributed by atoms with E-state index >= 15 is 0 Å². The summed E-state index contributed by atoms with van der Waals surface area (Å²) in [6.45, 7) is 7.17. The molecule has 1 aromatic carbocycles. The first kappa shape index (κ1) is 23.2. The Kier molecular flexibility index (Phi) is 6.45. The standard InChI is InChI=1S/C24H28F3N3O/c1-17(31)23(11-10-18-4-6-19(14-28)7-5-18)12-13-30(16-23)22(2,3)20-8-9-21(29-15-20)24(25,26)27/h4-9,15,17,31H,10-13,16H2,1-3H3/t17-,23-/m1/s1. The molecule has 1 aromatic heterocycles. The van der Waals surface area contributed by atoms with E-state index in [1.54, 1.807) is 12.1 Å². The first-order chi connectivity index (χ1) is 14.5. The van der Waals surface area contributed by atoms with Crippen molar-refractivity contribution < 1.29 is 18.3 Å². The third kappa shape index (κ3) is 4.91. The number of aliphatic hydroxyl groups is 1. The third-order valence-electron chi connectivity index (χ3n) is 6.82. The average molecular weight is 432 g/mol. The predicted octanol–water partition coefficient (Wildman–Crippen LogP) is 4.91. The SMILES string of the molecule is C[C@@H](O)[C@]1(CCc2ccc(C#N)cc2)CCN(C(C)(C)c2ccc(C(F)(F)F)nc2)C1. The van der Waals surface area contributed by atoms with Crippen LogP contribution in [-0.4, -0.2) is 34.2 Å². The number of hydrogen-bond acceptors (Lipinski definition) is 4. The summed E-state index contributed by atoms with van der Waals surface area (Å²) in [6.07, 6.45) is -1.29. The lowest BCUT2D eigenvalue weighted by atomic mass is 9.76. The van der Waals surface area contributed by atoms with Crippen LogP contribution in [0.5, 0.6) is 0 Å². The van der Waals surface area contributed by atoms with E-state index in [1.165, 1.54) is 12.3 Å². The summed E-state index contributed by atoms with van der Waals surface area (Å²) in [5.41, 5.74) is 0.743. The van der Waals surface area contributed by atoms with Crippen molar-refractivity contribution >= 4 is 0 Å². The van der Waals surface area contributed by atoms with Crippen molar-refractivity contribution in [3.8, 4) is 6.07 Å². The van der Waals surface area contributed by atoms with Crippen molar-refractivity contribution in [1.29, 1.82) is 5.26 Å². The highest BCUT2D eigenvalue weighted by Crippen LogP contribution is 2.43. The molecule has 1 aliphatic rings. The number of rotatable bonds is 6. The van der Waals surface area contributed by atoms with Gasteiger partial charge in [-0.15, -0.1) is 0 Å². The smallest absolute Gasteiger partial charge is 0.393 e. The van der Waals surface area contributed by atoms with Crippen LogP contribution in [-0.2, 0) is 18.1 Å². The Morgan fingerprint density at radius 2 is 1.87 bits per heavy atom. The molecule has 31 heavy (non-hydrogen) atoms. The van der Waals surface area contributed by atoms with E-state index < -0.39 is 23.5 Å². The number of aryl methyl sites for hydroxylation is 1. The number of nitrogens with zero attached hydrogens (tertiary/aromatic N) is 3. The van der Waals surface area contributed by atoms with Crippen LogP contribution in [0.15, 0.2) is 42.6 Å². The molecule has 0 spiro atoms. The maximum absolute atomic E-state index is 12.9. The van der Waals surface area contributed by atoms with Gasteiger partial charge < -0.3 is 5.11 Å². The summed E-state index contributed by atoms with van der Waals surface area (Å²) in [5, 5.41) is 19.6. The fourth-order valence-corrected chi connectivity index (χ4v) is 4.37. The molecule has 7 heteroatoms. The van der Waals surface area contributed by atoms with Gasteiger partial charge in [-0.2, -0.15) is 18.4 Å². The number of benzene rings is 1. The van der Waals surface area contributed by atoms with E-state index in [0.717, 1.165) is 37.4 Å². The molecule has 1 aliphatic heterocycles. The molecule has 166 valence electrons. The predicted molar refractivity (Wildman–Crippen MR) is 112 cm³/mol. The highest BCUT2D eigenvalue weighted by Gasteiger charge is 2.46. The van der Waals surface area contributed by atoms with E-state index in [9.17, 15) is 18.3 Å². The highest BCUT2D eigenvalue weighted by molar-refractivity contribution is 5.31. The quantitative estimate of drug-likeness (QED) is 0.706. The van der Waals surface area contributed by atoms with E-state index in [4.69, 9.17) is 5.26 Å². The zero-order chi connectivity index (χ0) is 22.9. The van der Waals surface area contributed by atoms with Gasteiger partial charge in [-0.05, 0) is 75.9 Å². The minimum Gasteiger partial charge on any atom is -0.393 e. The molecule has 2 aromatic rings. The molecule has 1 N–H and O–H groups in total. The summed E-state index contributed by atoms with van der Waals surface area (Å²) in [4.78, 5) is 5.85. The Labute approximate surface area is 181 Å². The van der Waals surface area contributed by atoms with Crippen molar-refractivity contribution in [3.63, 3.8) is 0 Å². The second-order valence-corrected chi connectivity index (χ2v) is 9.01. The fourth-order valence-electron chi connectivity index (χ4n) is 4.37. The molecule has 0 bridgehead atoms. The Bertz CT molecular complexity index is 931. The Morgan fingerprint density at radius 3 is 2.39 bits per heavy atom. The minimum atomic E-state index is -4.46. The molecule has 2 atom stereocenters. The van der Waals surface area contributed by atoms with Gasteiger partial charge in [0.2, 0.25) is 0 Å². The van der Waals surface area contributed by atoms with Gasteiger partial charge in [-0.1, -0.05) is 18.2 Å². The van der Waals surface area contributed by atoms with Crippen molar-refractivity contribution in [3.05, 3.63) is 65.0 Å². The molecular weight excluding hydrogens is 403 g/mol. The van der Waals surface area contributed by atoms with Crippen LogP contribution in [0.25, 0.3) is 0 Å². The molecular formula is C24H28F3N3O. The number of likely N-dealkylation sites (tertiary alicyclic amines) is 1. The van der Waals surface area contributed by atoms with E-state index in [-0.39, 0.29) is 5.41 Å². The van der Waals surface area contributed by atoms with Crippen LogP contribution in [0.1, 0.15) is 56.0 Å². The molecule has 0 radical (unpaired) electrons. The lowest BCUT2D eigenvalue weighted by molar-refractivity contribution is -0.141. The van der Waals surface area contributed by atoms with Crippen molar-refractivity contribution in [1.82, 2.24) is 9.88 Å². The van der Waals surface area contributed by atoms with Gasteiger partial charge in [0, 0.05) is 23.7 Å². The highest BCUT2D eigenvalue weighted by atomic mass is 19.4. The molecule has 0 amide bonds. The molecule has 1 fully saturated rings. The van der Waals surface area contributed by atoms with E-state index in [1.807, 2.05) is 32.9 Å². The van der Waals surface area contributed by atoms with Crippen LogP contribution < -0.4 is 0 Å². The lowest BCUT2D eigenvalue weighted by Gasteiger charge is -2.39. The topological polar surface area (TPSA) is 60.1 Å². The van der Waals surface area contributed by atoms with Gasteiger partial charge >= 0.3 is 6.18 Å². The van der Waals surface area contributed by atoms with Gasteiger partial charge in [0.15, 0.2) is 0 Å². The molecule has 3 rings (SSSR count). The molecule has 1 saturated heterocycles. The molecule has 2 heterocycles. The van der Waals surface area contributed by atoms with Crippen LogP contribution >= 0.6 is 0 Å². The maximum Gasteiger partial charge on any atom is 0.433 e. The second-order valence-electron chi connectivity index (χ2n) is 9.01. The van der Waals surface area contributed by atoms with E-state index in [0.29, 0.717) is 17.7 Å². The summed E-state index contributed by atoms with van der Waals surface area (Å²) < 4.78 is 38.6. The summed E-state index contributed by atoms with van der Waals surface area (Å²) in [5.74, 6) is 0. The van der Waals surface area contributed by atoms with Crippen LogP contribution in [0.2, 0.25) is 0 Å². The number of hydrogen-bond donors (Lipinski definition) is 1. The summed E-state index contributed by atoms with van der Waals surface area (Å²) in [6, 6.07) is 12.1. The molecule has 0 unspecified atom stereocenters. The summed E-state index contributed by atoms with van der Waals surface area (Å²) >= 11 is 0. The first-order valence-electron chi connectivity index (χ1n) is 10.4. The Hall–Kier alpha value is -2.43. The first-order valence-corrected chi connectivity index (χ1v) is 10.4. The second kappa shape index (κ2) is 8.60. The van der Waals surface area contributed by atoms with Gasteiger partial charge in [0.05, 0.1) is 17.7 Å². The largest absolute Gasteiger partial charge is 0.433 e. The number of halogens is 3. The zero-order valence-electron chi connectivity index (χ0n) is 18.1. The Morgan fingerprint density at radius 1 is 1.19 bits per heavy atom. The van der Waals surface area contributed by atoms with Crippen LogP contribution in [0.3, 0.4) is 0 Å². The number of aliphatic hydroxyl groups excluding tert-OH is 1. The number of aromatic nitrogens is 1. The number of alkyl halides is 3. The normalized spacial score (nSPS) is 21.1. The van der Waals surface area contributed by atoms with E-state index in [2.05, 4.69) is 16.0 Å². The van der Waals surface area contributed by atoms with Gasteiger partial charge in [0.1, 0.15) is 5.69 Å². The minimum absolute atomic E-state index is 0.301. The van der Waals surface area contributed by atoms with Gasteiger partial charge in [0.25, 0.3) is 0 Å². The summed E-state index contributed by atoms with van der Waals surface area (Å²) in [7, 11) is 0. The average Bonchev–Trinajstić information content (AvgIpc) is 3.19. The van der Waals surface area contributed by atoms with Crippen molar-refractivity contribution in [2.45, 2.75) is 57.9 Å². The fraction of sp³-hybridized carbons (Fsp3) is 0.500. The number of pyridine rings is 1. The van der Waals surface area contributed by atoms with Gasteiger partial charge in [-0.3, -0.25) is 9.88 Å². The number of nitriles is 1. The Balaban J connectivity index is 1.74. The maximum atomic E-state index is 12.9. The van der Waals surface area contributed by atoms with Crippen molar-refractivity contribution in [2.24, 2.45) is 5.41 Å². The lowest BCUT2D eigenvalue weighted by Crippen LogP contribution is -2.44. The van der Waals surface area contributed by atoms with Crippen molar-refractivity contribution in [2.75, 3.05) is 13.1 Å². The molecule has 0 saturated carbocycles. The zero-order valence-corrected chi connectivity index (χ0v) is 18.1. The molecule has 0 aliphatic carbocycles. The van der Waals surface area contributed by atoms with Crippen LogP contribution in [0, 0.1) is 16.7 Å².